The van der Waals surface area contributed by atoms with E-state index in [4.69, 9.17) is 0 Å². The predicted octanol–water partition coefficient (Wildman–Crippen LogP) is 3.07. The lowest BCUT2D eigenvalue weighted by molar-refractivity contribution is 0.650. The first-order valence-electron chi connectivity index (χ1n) is 7.63. The third-order valence-electron chi connectivity index (χ3n) is 3.79. The fourth-order valence-electron chi connectivity index (χ4n) is 2.55. The molecule has 0 unspecified atom stereocenters. The summed E-state index contributed by atoms with van der Waals surface area (Å²) >= 11 is 0. The van der Waals surface area contributed by atoms with Crippen LogP contribution in [0.3, 0.4) is 0 Å². The highest BCUT2D eigenvalue weighted by Gasteiger charge is 2.09. The maximum absolute atomic E-state index is 4.48. The average molecular weight is 307 g/mol. The molecule has 5 nitrogen and oxygen atoms in total. The highest BCUT2D eigenvalue weighted by Crippen LogP contribution is 2.19. The van der Waals surface area contributed by atoms with Crippen LogP contribution >= 0.6 is 0 Å². The molecule has 0 spiro atoms. The van der Waals surface area contributed by atoms with Crippen molar-refractivity contribution in [3.05, 3.63) is 59.4 Å². The molecular weight excluding hydrogens is 286 g/mol. The summed E-state index contributed by atoms with van der Waals surface area (Å²) in [4.78, 5) is 6.56. The van der Waals surface area contributed by atoms with E-state index >= 15 is 0 Å². The van der Waals surface area contributed by atoms with Crippen molar-refractivity contribution >= 4 is 5.69 Å². The third-order valence-corrected chi connectivity index (χ3v) is 3.79. The fourth-order valence-corrected chi connectivity index (χ4v) is 2.55. The predicted molar refractivity (Wildman–Crippen MR) is 92.6 cm³/mol. The van der Waals surface area contributed by atoms with Crippen molar-refractivity contribution in [3.8, 4) is 11.4 Å². The first-order valence-corrected chi connectivity index (χ1v) is 7.63. The minimum absolute atomic E-state index is 0.700. The molecule has 1 aromatic carbocycles. The molecule has 2 heterocycles. The van der Waals surface area contributed by atoms with Gasteiger partial charge in [-0.2, -0.15) is 0 Å². The second-order valence-corrected chi connectivity index (χ2v) is 6.04. The lowest BCUT2D eigenvalue weighted by atomic mass is 10.1. The van der Waals surface area contributed by atoms with Gasteiger partial charge >= 0.3 is 0 Å². The zero-order valence-electron chi connectivity index (χ0n) is 14.0. The van der Waals surface area contributed by atoms with E-state index in [1.807, 2.05) is 45.0 Å². The minimum Gasteiger partial charge on any atom is -0.378 e. The largest absolute Gasteiger partial charge is 0.378 e. The molecule has 0 saturated heterocycles. The van der Waals surface area contributed by atoms with Gasteiger partial charge in [0.1, 0.15) is 5.69 Å². The third kappa shape index (κ3) is 3.39. The Kier molecular flexibility index (Phi) is 4.10. The van der Waals surface area contributed by atoms with Crippen molar-refractivity contribution in [3.63, 3.8) is 0 Å². The minimum atomic E-state index is 0.700. The number of aryl methyl sites for hydroxylation is 2. The van der Waals surface area contributed by atoms with Crippen molar-refractivity contribution in [1.82, 2.24) is 20.0 Å². The number of aromatic nitrogens is 4. The lowest BCUT2D eigenvalue weighted by Crippen LogP contribution is -2.08. The number of hydrogen-bond acceptors (Lipinski definition) is 4. The summed E-state index contributed by atoms with van der Waals surface area (Å²) in [6, 6.07) is 10.6. The van der Waals surface area contributed by atoms with Crippen molar-refractivity contribution in [1.29, 1.82) is 0 Å². The van der Waals surface area contributed by atoms with E-state index in [-0.39, 0.29) is 0 Å². The number of rotatable bonds is 4. The summed E-state index contributed by atoms with van der Waals surface area (Å²) in [5.41, 5.74) is 6.36. The molecular formula is C18H21N5. The van der Waals surface area contributed by atoms with Gasteiger partial charge < -0.3 is 4.90 Å². The van der Waals surface area contributed by atoms with Crippen LogP contribution in [0, 0.1) is 13.8 Å². The quantitative estimate of drug-likeness (QED) is 0.743. The zero-order chi connectivity index (χ0) is 16.4. The van der Waals surface area contributed by atoms with Gasteiger partial charge in [-0.15, -0.1) is 5.10 Å². The Morgan fingerprint density at radius 3 is 2.48 bits per heavy atom. The van der Waals surface area contributed by atoms with Crippen molar-refractivity contribution < 1.29 is 0 Å². The van der Waals surface area contributed by atoms with Gasteiger partial charge in [0.15, 0.2) is 0 Å². The topological polar surface area (TPSA) is 46.8 Å². The van der Waals surface area contributed by atoms with Crippen LogP contribution in [0.5, 0.6) is 0 Å². The van der Waals surface area contributed by atoms with Crippen LogP contribution < -0.4 is 4.90 Å². The highest BCUT2D eigenvalue weighted by molar-refractivity contribution is 5.57. The van der Waals surface area contributed by atoms with Crippen LogP contribution in [-0.4, -0.2) is 34.1 Å². The smallest absolute Gasteiger partial charge is 0.131 e. The van der Waals surface area contributed by atoms with E-state index in [2.05, 4.69) is 50.5 Å². The molecule has 23 heavy (non-hydrogen) atoms. The van der Waals surface area contributed by atoms with Crippen LogP contribution in [0.25, 0.3) is 11.4 Å². The molecule has 0 aliphatic carbocycles. The summed E-state index contributed by atoms with van der Waals surface area (Å²) in [6.45, 7) is 4.79. The molecule has 0 aliphatic heterocycles. The fraction of sp³-hybridized carbons (Fsp3) is 0.278. The number of anilines is 1. The van der Waals surface area contributed by atoms with Gasteiger partial charge in [0, 0.05) is 26.0 Å². The normalized spacial score (nSPS) is 10.8. The van der Waals surface area contributed by atoms with Crippen LogP contribution in [0.15, 0.2) is 42.7 Å². The Morgan fingerprint density at radius 2 is 1.83 bits per heavy atom. The number of pyridine rings is 1. The molecule has 2 aromatic heterocycles. The molecule has 3 aromatic rings. The summed E-state index contributed by atoms with van der Waals surface area (Å²) in [5.74, 6) is 0. The van der Waals surface area contributed by atoms with Crippen molar-refractivity contribution in [2.75, 3.05) is 19.0 Å². The molecule has 0 radical (unpaired) electrons. The van der Waals surface area contributed by atoms with Gasteiger partial charge in [0.05, 0.1) is 18.4 Å². The van der Waals surface area contributed by atoms with E-state index in [1.54, 1.807) is 0 Å². The van der Waals surface area contributed by atoms with E-state index in [0.717, 1.165) is 22.5 Å². The van der Waals surface area contributed by atoms with Crippen molar-refractivity contribution in [2.24, 2.45) is 0 Å². The Bertz CT molecular complexity index is 803. The van der Waals surface area contributed by atoms with Gasteiger partial charge in [0.25, 0.3) is 0 Å². The molecule has 0 N–H and O–H groups in total. The molecule has 0 atom stereocenters. The molecule has 3 rings (SSSR count). The zero-order valence-corrected chi connectivity index (χ0v) is 14.0. The number of hydrogen-bond donors (Lipinski definition) is 0. The maximum Gasteiger partial charge on any atom is 0.131 e. The van der Waals surface area contributed by atoms with Gasteiger partial charge in [-0.1, -0.05) is 23.4 Å². The monoisotopic (exact) mass is 307 g/mol. The average Bonchev–Trinajstić information content (AvgIpc) is 2.96. The Hall–Kier alpha value is -2.69. The molecule has 0 amide bonds. The molecule has 0 bridgehead atoms. The summed E-state index contributed by atoms with van der Waals surface area (Å²) < 4.78 is 1.85. The summed E-state index contributed by atoms with van der Waals surface area (Å²) in [6.07, 6.45) is 3.81. The summed E-state index contributed by atoms with van der Waals surface area (Å²) in [5, 5.41) is 8.49. The van der Waals surface area contributed by atoms with Gasteiger partial charge in [-0.3, -0.25) is 4.98 Å². The van der Waals surface area contributed by atoms with E-state index < -0.39 is 0 Å². The molecule has 0 fully saturated rings. The Labute approximate surface area is 136 Å². The second-order valence-electron chi connectivity index (χ2n) is 6.04. The number of nitrogens with zero attached hydrogens (tertiary/aromatic N) is 5. The maximum atomic E-state index is 4.48. The van der Waals surface area contributed by atoms with Crippen molar-refractivity contribution in [2.45, 2.75) is 20.4 Å². The standard InChI is InChI=1S/C18H21N5/c1-13-9-14(2)18(19-10-13)17-12-23(21-20-17)11-15-5-7-16(8-6-15)22(3)4/h5-10,12H,11H2,1-4H3. The van der Waals surface area contributed by atoms with Gasteiger partial charge in [0.2, 0.25) is 0 Å². The first kappa shape index (κ1) is 15.2. The van der Waals surface area contributed by atoms with Gasteiger partial charge in [-0.05, 0) is 42.7 Å². The Balaban J connectivity index is 1.79. The molecule has 118 valence electrons. The van der Waals surface area contributed by atoms with Crippen LogP contribution in [0.2, 0.25) is 0 Å². The second kappa shape index (κ2) is 6.20. The number of benzene rings is 1. The van der Waals surface area contributed by atoms with Crippen LogP contribution in [0.4, 0.5) is 5.69 Å². The van der Waals surface area contributed by atoms with E-state index in [9.17, 15) is 0 Å². The molecule has 0 aliphatic rings. The first-order chi connectivity index (χ1) is 11.0. The van der Waals surface area contributed by atoms with Crippen LogP contribution in [0.1, 0.15) is 16.7 Å². The molecule has 5 heteroatoms. The van der Waals surface area contributed by atoms with E-state index in [0.29, 0.717) is 6.54 Å². The summed E-state index contributed by atoms with van der Waals surface area (Å²) in [7, 11) is 4.07. The van der Waals surface area contributed by atoms with Crippen LogP contribution in [-0.2, 0) is 6.54 Å². The SMILES string of the molecule is Cc1cnc(-c2cn(Cc3ccc(N(C)C)cc3)nn2)c(C)c1. The molecule has 0 saturated carbocycles. The lowest BCUT2D eigenvalue weighted by Gasteiger charge is -2.12. The van der Waals surface area contributed by atoms with E-state index in [1.165, 1.54) is 11.3 Å². The Morgan fingerprint density at radius 1 is 1.09 bits per heavy atom. The van der Waals surface area contributed by atoms with Gasteiger partial charge in [-0.25, -0.2) is 4.68 Å². The highest BCUT2D eigenvalue weighted by atomic mass is 15.4.